The summed E-state index contributed by atoms with van der Waals surface area (Å²) in [4.78, 5) is 27.7. The minimum absolute atomic E-state index is 0.0183. The van der Waals surface area contributed by atoms with Crippen LogP contribution in [-0.4, -0.2) is 43.0 Å². The van der Waals surface area contributed by atoms with E-state index in [9.17, 15) is 9.59 Å². The zero-order valence-electron chi connectivity index (χ0n) is 15.7. The summed E-state index contributed by atoms with van der Waals surface area (Å²) < 4.78 is 5.52. The van der Waals surface area contributed by atoms with Crippen LogP contribution in [0.1, 0.15) is 34.7 Å². The monoisotopic (exact) mass is 398 g/mol. The van der Waals surface area contributed by atoms with Gasteiger partial charge in [-0.15, -0.1) is 0 Å². The minimum atomic E-state index is -0.298. The molecule has 1 aliphatic heterocycles. The molecule has 1 saturated heterocycles. The van der Waals surface area contributed by atoms with Gasteiger partial charge in [0.2, 0.25) is 5.91 Å². The maximum Gasteiger partial charge on any atom is 0.253 e. The summed E-state index contributed by atoms with van der Waals surface area (Å²) in [6, 6.07) is 14.9. The van der Waals surface area contributed by atoms with Crippen LogP contribution in [0.5, 0.6) is 5.75 Å². The topological polar surface area (TPSA) is 58.6 Å². The van der Waals surface area contributed by atoms with Crippen molar-refractivity contribution in [1.29, 1.82) is 0 Å². The molecule has 2 aromatic rings. The lowest BCUT2D eigenvalue weighted by molar-refractivity contribution is -0.125. The van der Waals surface area contributed by atoms with E-state index in [1.807, 2.05) is 24.3 Å². The highest BCUT2D eigenvalue weighted by Gasteiger charge is 2.42. The fourth-order valence-electron chi connectivity index (χ4n) is 3.83. The number of nitrogens with one attached hydrogen (secondary N) is 1. The third-order valence-electron chi connectivity index (χ3n) is 5.50. The Balaban J connectivity index is 1.61. The molecule has 2 fully saturated rings. The van der Waals surface area contributed by atoms with E-state index >= 15 is 0 Å². The first kappa shape index (κ1) is 18.8. The highest BCUT2D eigenvalue weighted by molar-refractivity contribution is 6.30. The Labute approximate surface area is 169 Å². The molecular weight excluding hydrogens is 376 g/mol. The van der Waals surface area contributed by atoms with Gasteiger partial charge in [0.25, 0.3) is 5.91 Å². The predicted molar refractivity (Wildman–Crippen MR) is 108 cm³/mol. The molecule has 2 aliphatic rings. The van der Waals surface area contributed by atoms with Crippen molar-refractivity contribution in [2.45, 2.75) is 24.8 Å². The maximum atomic E-state index is 13.0. The molecule has 1 aliphatic carbocycles. The molecule has 0 radical (unpaired) electrons. The lowest BCUT2D eigenvalue weighted by Crippen LogP contribution is -2.36. The van der Waals surface area contributed by atoms with Crippen LogP contribution in [-0.2, 0) is 4.79 Å². The number of nitrogens with zero attached hydrogens (tertiary/aromatic N) is 1. The van der Waals surface area contributed by atoms with Crippen LogP contribution in [0.2, 0.25) is 5.02 Å². The number of likely N-dealkylation sites (tertiary alicyclic amines) is 1. The number of amides is 2. The number of carbonyl (C=O) groups is 2. The zero-order valence-corrected chi connectivity index (χ0v) is 16.5. The van der Waals surface area contributed by atoms with Crippen LogP contribution in [0, 0.1) is 5.92 Å². The van der Waals surface area contributed by atoms with E-state index in [1.165, 1.54) is 0 Å². The number of ether oxygens (including phenoxy) is 1. The van der Waals surface area contributed by atoms with Crippen molar-refractivity contribution in [2.75, 3.05) is 20.2 Å². The van der Waals surface area contributed by atoms with E-state index in [0.29, 0.717) is 23.7 Å². The van der Waals surface area contributed by atoms with Gasteiger partial charge < -0.3 is 15.0 Å². The molecule has 28 heavy (non-hydrogen) atoms. The van der Waals surface area contributed by atoms with Gasteiger partial charge in [-0.1, -0.05) is 29.8 Å². The molecule has 2 unspecified atom stereocenters. The summed E-state index contributed by atoms with van der Waals surface area (Å²) in [6.07, 6.45) is 2.07. The minimum Gasteiger partial charge on any atom is -0.496 e. The van der Waals surface area contributed by atoms with Crippen LogP contribution in [0.3, 0.4) is 0 Å². The number of benzene rings is 2. The summed E-state index contributed by atoms with van der Waals surface area (Å²) in [5.74, 6) is 0.278. The van der Waals surface area contributed by atoms with Crippen molar-refractivity contribution in [1.82, 2.24) is 10.2 Å². The number of hydrogen-bond donors (Lipinski definition) is 1. The molecule has 1 heterocycles. The number of hydrogen-bond acceptors (Lipinski definition) is 3. The predicted octanol–water partition coefficient (Wildman–Crippen LogP) is 3.48. The summed E-state index contributed by atoms with van der Waals surface area (Å²) in [5, 5.41) is 3.69. The van der Waals surface area contributed by atoms with Gasteiger partial charge in [0, 0.05) is 35.6 Å². The SMILES string of the molecule is COc1ccccc1C1CN(C(=O)c2ccc(Cl)cc2)CC1C(=O)NC1CC1. The van der Waals surface area contributed by atoms with Crippen molar-refractivity contribution < 1.29 is 14.3 Å². The number of carbonyl (C=O) groups excluding carboxylic acids is 2. The number of para-hydroxylation sites is 1. The molecule has 2 atom stereocenters. The fraction of sp³-hybridized carbons (Fsp3) is 0.364. The molecule has 146 valence electrons. The van der Waals surface area contributed by atoms with Gasteiger partial charge in [-0.3, -0.25) is 9.59 Å². The first-order valence-corrected chi connectivity index (χ1v) is 9.92. The number of rotatable bonds is 5. The van der Waals surface area contributed by atoms with Crippen LogP contribution >= 0.6 is 11.6 Å². The van der Waals surface area contributed by atoms with E-state index in [0.717, 1.165) is 24.2 Å². The second-order valence-electron chi connectivity index (χ2n) is 7.45. The Bertz CT molecular complexity index is 880. The standard InChI is InChI=1S/C22H23ClN2O3/c1-28-20-5-3-2-4-17(20)18-12-25(13-19(18)21(26)24-16-10-11-16)22(27)14-6-8-15(23)9-7-14/h2-9,16,18-19H,10-13H2,1H3,(H,24,26). The summed E-state index contributed by atoms with van der Waals surface area (Å²) in [5.41, 5.74) is 1.54. The van der Waals surface area contributed by atoms with Crippen LogP contribution in [0.4, 0.5) is 0 Å². The molecule has 0 aromatic heterocycles. The van der Waals surface area contributed by atoms with Crippen molar-refractivity contribution >= 4 is 23.4 Å². The summed E-state index contributed by atoms with van der Waals surface area (Å²) >= 11 is 5.94. The van der Waals surface area contributed by atoms with E-state index in [4.69, 9.17) is 16.3 Å². The molecule has 2 aromatic carbocycles. The van der Waals surface area contributed by atoms with Crippen LogP contribution in [0.15, 0.2) is 48.5 Å². The van der Waals surface area contributed by atoms with Gasteiger partial charge in [-0.05, 0) is 48.7 Å². The van der Waals surface area contributed by atoms with Gasteiger partial charge in [0.1, 0.15) is 5.75 Å². The molecule has 0 spiro atoms. The van der Waals surface area contributed by atoms with E-state index in [2.05, 4.69) is 5.32 Å². The van der Waals surface area contributed by atoms with Gasteiger partial charge in [0.15, 0.2) is 0 Å². The Morgan fingerprint density at radius 1 is 1.07 bits per heavy atom. The normalized spacial score (nSPS) is 21.4. The van der Waals surface area contributed by atoms with E-state index in [-0.39, 0.29) is 29.7 Å². The average molecular weight is 399 g/mol. The third kappa shape index (κ3) is 3.85. The third-order valence-corrected chi connectivity index (χ3v) is 5.75. The fourth-order valence-corrected chi connectivity index (χ4v) is 3.96. The smallest absolute Gasteiger partial charge is 0.253 e. The second kappa shape index (κ2) is 7.84. The first-order valence-electron chi connectivity index (χ1n) is 9.55. The summed E-state index contributed by atoms with van der Waals surface area (Å²) in [6.45, 7) is 0.868. The number of methoxy groups -OCH3 is 1. The largest absolute Gasteiger partial charge is 0.496 e. The second-order valence-corrected chi connectivity index (χ2v) is 7.89. The van der Waals surface area contributed by atoms with Crippen molar-refractivity contribution in [3.63, 3.8) is 0 Å². The van der Waals surface area contributed by atoms with Gasteiger partial charge >= 0.3 is 0 Å². The Morgan fingerprint density at radius 3 is 2.46 bits per heavy atom. The molecule has 1 N–H and O–H groups in total. The highest BCUT2D eigenvalue weighted by Crippen LogP contribution is 2.38. The summed E-state index contributed by atoms with van der Waals surface area (Å²) in [7, 11) is 1.63. The molecular formula is C22H23ClN2O3. The van der Waals surface area contributed by atoms with E-state index < -0.39 is 0 Å². The van der Waals surface area contributed by atoms with Crippen molar-refractivity contribution in [3.05, 3.63) is 64.7 Å². The van der Waals surface area contributed by atoms with Gasteiger partial charge in [0.05, 0.1) is 13.0 Å². The Morgan fingerprint density at radius 2 is 1.79 bits per heavy atom. The van der Waals surface area contributed by atoms with Crippen molar-refractivity contribution in [3.8, 4) is 5.75 Å². The molecule has 0 bridgehead atoms. The van der Waals surface area contributed by atoms with Gasteiger partial charge in [-0.2, -0.15) is 0 Å². The zero-order chi connectivity index (χ0) is 19.7. The van der Waals surface area contributed by atoms with E-state index in [1.54, 1.807) is 36.3 Å². The highest BCUT2D eigenvalue weighted by atomic mass is 35.5. The number of halogens is 1. The van der Waals surface area contributed by atoms with Crippen LogP contribution in [0.25, 0.3) is 0 Å². The molecule has 2 amide bonds. The maximum absolute atomic E-state index is 13.0. The van der Waals surface area contributed by atoms with Crippen LogP contribution < -0.4 is 10.1 Å². The molecule has 4 rings (SSSR count). The first-order chi connectivity index (χ1) is 13.6. The Kier molecular flexibility index (Phi) is 5.27. The lowest BCUT2D eigenvalue weighted by atomic mass is 9.87. The molecule has 5 nitrogen and oxygen atoms in total. The van der Waals surface area contributed by atoms with Crippen molar-refractivity contribution in [2.24, 2.45) is 5.92 Å². The molecule has 1 saturated carbocycles. The lowest BCUT2D eigenvalue weighted by Gasteiger charge is -2.20. The Hall–Kier alpha value is -2.53. The average Bonchev–Trinajstić information content (AvgIpc) is 3.41. The van der Waals surface area contributed by atoms with Gasteiger partial charge in [-0.25, -0.2) is 0 Å². The molecule has 6 heteroatoms. The quantitative estimate of drug-likeness (QED) is 0.838.